The largest absolute Gasteiger partial charge is 0.368 e. The van der Waals surface area contributed by atoms with Crippen LogP contribution in [0.4, 0.5) is 26.4 Å². The third-order valence-electron chi connectivity index (χ3n) is 3.07. The van der Waals surface area contributed by atoms with Gasteiger partial charge in [-0.2, -0.15) is 15.0 Å². The van der Waals surface area contributed by atoms with E-state index in [-0.39, 0.29) is 5.95 Å². The van der Waals surface area contributed by atoms with Crippen LogP contribution >= 0.6 is 0 Å². The van der Waals surface area contributed by atoms with Crippen LogP contribution in [0.1, 0.15) is 12.7 Å². The Morgan fingerprint density at radius 1 is 1.09 bits per heavy atom. The highest BCUT2D eigenvalue weighted by atomic mass is 19.2. The molecule has 2 rings (SSSR count). The first-order valence-corrected chi connectivity index (χ1v) is 6.78. The van der Waals surface area contributed by atoms with Crippen LogP contribution in [-0.4, -0.2) is 35.6 Å². The maximum absolute atomic E-state index is 13.4. The van der Waals surface area contributed by atoms with Crippen LogP contribution in [0, 0.1) is 11.6 Å². The van der Waals surface area contributed by atoms with Crippen molar-refractivity contribution in [1.82, 2.24) is 15.0 Å². The smallest absolute Gasteiger partial charge is 0.229 e. The van der Waals surface area contributed by atoms with Gasteiger partial charge in [-0.1, -0.05) is 0 Å². The average molecular weight is 308 g/mol. The molecule has 0 aliphatic heterocycles. The Hall–Kier alpha value is -2.51. The highest BCUT2D eigenvalue weighted by Crippen LogP contribution is 2.19. The second-order valence-electron chi connectivity index (χ2n) is 4.92. The monoisotopic (exact) mass is 308 g/mol. The van der Waals surface area contributed by atoms with Crippen LogP contribution in [0.25, 0.3) is 0 Å². The Morgan fingerprint density at radius 3 is 2.41 bits per heavy atom. The number of nitrogens with zero attached hydrogens (tertiary/aromatic N) is 5. The molecule has 0 saturated heterocycles. The highest BCUT2D eigenvalue weighted by Gasteiger charge is 2.13. The lowest BCUT2D eigenvalue weighted by Crippen LogP contribution is -2.25. The summed E-state index contributed by atoms with van der Waals surface area (Å²) in [6, 6.07) is 3.76. The molecule has 0 aliphatic carbocycles. The predicted octanol–water partition coefficient (Wildman–Crippen LogP) is 1.82. The van der Waals surface area contributed by atoms with E-state index < -0.39 is 11.6 Å². The normalized spacial score (nSPS) is 10.6. The topological polar surface area (TPSA) is 71.2 Å². The molecule has 22 heavy (non-hydrogen) atoms. The number of rotatable bonds is 5. The molecular weight excluding hydrogens is 290 g/mol. The van der Waals surface area contributed by atoms with Crippen LogP contribution in [0.15, 0.2) is 18.2 Å². The van der Waals surface area contributed by atoms with Crippen LogP contribution in [0.3, 0.4) is 0 Å². The van der Waals surface area contributed by atoms with Gasteiger partial charge >= 0.3 is 0 Å². The van der Waals surface area contributed by atoms with Gasteiger partial charge in [0.1, 0.15) is 0 Å². The SMILES string of the molecule is CCN(Cc1nc(N)nc(N(C)C)n1)c1ccc(F)c(F)c1. The zero-order valence-corrected chi connectivity index (χ0v) is 12.7. The van der Waals surface area contributed by atoms with E-state index in [2.05, 4.69) is 15.0 Å². The number of hydrogen-bond acceptors (Lipinski definition) is 6. The molecule has 0 spiro atoms. The van der Waals surface area contributed by atoms with Crippen LogP contribution in [0.5, 0.6) is 0 Å². The Labute approximate surface area is 127 Å². The molecule has 2 aromatic rings. The van der Waals surface area contributed by atoms with E-state index in [1.807, 2.05) is 11.8 Å². The Morgan fingerprint density at radius 2 is 1.82 bits per heavy atom. The minimum Gasteiger partial charge on any atom is -0.368 e. The molecule has 1 aromatic heterocycles. The summed E-state index contributed by atoms with van der Waals surface area (Å²) in [4.78, 5) is 15.9. The van der Waals surface area contributed by atoms with Gasteiger partial charge in [0, 0.05) is 32.4 Å². The standard InChI is InChI=1S/C14H18F2N6/c1-4-22(9-5-6-10(15)11(16)7-9)8-12-18-13(17)20-14(19-12)21(2)3/h5-7H,4,8H2,1-3H3,(H2,17,18,19,20). The molecule has 118 valence electrons. The summed E-state index contributed by atoms with van der Waals surface area (Å²) in [5.74, 6) is -0.735. The van der Waals surface area contributed by atoms with Gasteiger partial charge in [0.05, 0.1) is 6.54 Å². The van der Waals surface area contributed by atoms with Crippen molar-refractivity contribution in [3.63, 3.8) is 0 Å². The number of benzene rings is 1. The fraction of sp³-hybridized carbons (Fsp3) is 0.357. The van der Waals surface area contributed by atoms with E-state index in [0.29, 0.717) is 30.5 Å². The summed E-state index contributed by atoms with van der Waals surface area (Å²) in [6.07, 6.45) is 0. The third-order valence-corrected chi connectivity index (χ3v) is 3.07. The minimum atomic E-state index is -0.889. The fourth-order valence-corrected chi connectivity index (χ4v) is 1.93. The van der Waals surface area contributed by atoms with E-state index in [1.54, 1.807) is 19.0 Å². The van der Waals surface area contributed by atoms with Gasteiger partial charge in [0.25, 0.3) is 0 Å². The van der Waals surface area contributed by atoms with E-state index in [0.717, 1.165) is 12.1 Å². The first-order valence-electron chi connectivity index (χ1n) is 6.78. The molecule has 0 amide bonds. The average Bonchev–Trinajstić information content (AvgIpc) is 2.47. The van der Waals surface area contributed by atoms with Gasteiger partial charge in [0.2, 0.25) is 11.9 Å². The van der Waals surface area contributed by atoms with Crippen molar-refractivity contribution < 1.29 is 8.78 Å². The van der Waals surface area contributed by atoms with Crippen LogP contribution in [0.2, 0.25) is 0 Å². The molecule has 1 aromatic carbocycles. The third kappa shape index (κ3) is 3.57. The molecule has 6 nitrogen and oxygen atoms in total. The van der Waals surface area contributed by atoms with Crippen molar-refractivity contribution in [2.75, 3.05) is 36.2 Å². The van der Waals surface area contributed by atoms with Gasteiger partial charge in [-0.3, -0.25) is 0 Å². The number of hydrogen-bond donors (Lipinski definition) is 1. The lowest BCUT2D eigenvalue weighted by Gasteiger charge is -2.23. The molecule has 0 fully saturated rings. The van der Waals surface area contributed by atoms with Crippen molar-refractivity contribution in [1.29, 1.82) is 0 Å². The lowest BCUT2D eigenvalue weighted by molar-refractivity contribution is 0.508. The molecule has 1 heterocycles. The summed E-state index contributed by atoms with van der Waals surface area (Å²) in [6.45, 7) is 2.79. The summed E-state index contributed by atoms with van der Waals surface area (Å²) in [5.41, 5.74) is 6.23. The zero-order valence-electron chi connectivity index (χ0n) is 12.7. The number of aromatic nitrogens is 3. The zero-order chi connectivity index (χ0) is 16.3. The lowest BCUT2D eigenvalue weighted by atomic mass is 10.2. The summed E-state index contributed by atoms with van der Waals surface area (Å²) in [7, 11) is 3.59. The van der Waals surface area contributed by atoms with E-state index in [9.17, 15) is 8.78 Å². The van der Waals surface area contributed by atoms with Crippen molar-refractivity contribution >= 4 is 17.6 Å². The second-order valence-corrected chi connectivity index (χ2v) is 4.92. The first kappa shape index (κ1) is 15.9. The molecule has 8 heteroatoms. The number of halogens is 2. The van der Waals surface area contributed by atoms with Crippen molar-refractivity contribution in [3.05, 3.63) is 35.7 Å². The molecule has 2 N–H and O–H groups in total. The molecule has 0 bridgehead atoms. The summed E-state index contributed by atoms with van der Waals surface area (Å²) >= 11 is 0. The maximum Gasteiger partial charge on any atom is 0.229 e. The van der Waals surface area contributed by atoms with E-state index in [4.69, 9.17) is 5.73 Å². The molecular formula is C14H18F2N6. The molecule has 0 unspecified atom stereocenters. The predicted molar refractivity (Wildman–Crippen MR) is 81.6 cm³/mol. The summed E-state index contributed by atoms with van der Waals surface area (Å²) < 4.78 is 26.4. The Kier molecular flexibility index (Phi) is 4.69. The first-order chi connectivity index (χ1) is 10.4. The number of nitrogens with two attached hydrogens (primary N) is 1. The Balaban J connectivity index is 2.28. The molecule has 0 aliphatic rings. The van der Waals surface area contributed by atoms with E-state index in [1.165, 1.54) is 6.07 Å². The second kappa shape index (κ2) is 6.50. The molecule has 0 saturated carbocycles. The fourth-order valence-electron chi connectivity index (χ4n) is 1.93. The molecule has 0 atom stereocenters. The van der Waals surface area contributed by atoms with Gasteiger partial charge < -0.3 is 15.5 Å². The van der Waals surface area contributed by atoms with E-state index >= 15 is 0 Å². The van der Waals surface area contributed by atoms with Crippen molar-refractivity contribution in [2.45, 2.75) is 13.5 Å². The number of anilines is 3. The number of nitrogen functional groups attached to an aromatic ring is 1. The van der Waals surface area contributed by atoms with Crippen molar-refractivity contribution in [2.24, 2.45) is 0 Å². The van der Waals surface area contributed by atoms with Gasteiger partial charge in [-0.25, -0.2) is 8.78 Å². The summed E-state index contributed by atoms with van der Waals surface area (Å²) in [5, 5.41) is 0. The van der Waals surface area contributed by atoms with Gasteiger partial charge in [-0.05, 0) is 19.1 Å². The van der Waals surface area contributed by atoms with Gasteiger partial charge in [0.15, 0.2) is 17.5 Å². The highest BCUT2D eigenvalue weighted by molar-refractivity contribution is 5.47. The minimum absolute atomic E-state index is 0.120. The van der Waals surface area contributed by atoms with Crippen LogP contribution in [-0.2, 0) is 6.54 Å². The maximum atomic E-state index is 13.4. The Bertz CT molecular complexity index is 662. The molecule has 0 radical (unpaired) electrons. The van der Waals surface area contributed by atoms with Crippen LogP contribution < -0.4 is 15.5 Å². The van der Waals surface area contributed by atoms with Gasteiger partial charge in [-0.15, -0.1) is 0 Å². The quantitative estimate of drug-likeness (QED) is 0.908. The van der Waals surface area contributed by atoms with Crippen molar-refractivity contribution in [3.8, 4) is 0 Å².